The molecular weight excluding hydrogens is 505 g/mol. The molecule has 200 valence electrons. The third kappa shape index (κ3) is 7.17. The molecule has 0 aliphatic carbocycles. The SMILES string of the molecule is CCCC(=O)N1CCc2ccc(C(=O)Nc3ccc(Cl)cc3N3CCN(CCC(F)(F)F)CC3)cc2C1. The predicted octanol–water partition coefficient (Wildman–Crippen LogP) is 5.35. The first-order chi connectivity index (χ1) is 17.6. The van der Waals surface area contributed by atoms with Crippen LogP contribution in [0.5, 0.6) is 0 Å². The van der Waals surface area contributed by atoms with Gasteiger partial charge < -0.3 is 15.1 Å². The molecule has 0 radical (unpaired) electrons. The van der Waals surface area contributed by atoms with Crippen LogP contribution in [0, 0.1) is 0 Å². The molecule has 2 aliphatic rings. The molecule has 0 aromatic heterocycles. The molecule has 1 N–H and O–H groups in total. The van der Waals surface area contributed by atoms with Gasteiger partial charge in [0.15, 0.2) is 0 Å². The molecule has 6 nitrogen and oxygen atoms in total. The molecule has 0 spiro atoms. The van der Waals surface area contributed by atoms with Crippen molar-refractivity contribution in [1.82, 2.24) is 9.80 Å². The highest BCUT2D eigenvalue weighted by atomic mass is 35.5. The topological polar surface area (TPSA) is 55.9 Å². The zero-order valence-corrected chi connectivity index (χ0v) is 21.7. The van der Waals surface area contributed by atoms with Gasteiger partial charge in [0.05, 0.1) is 17.8 Å². The number of carbonyl (C=O) groups is 2. The van der Waals surface area contributed by atoms with Crippen molar-refractivity contribution in [2.75, 3.05) is 49.5 Å². The molecule has 2 aromatic carbocycles. The lowest BCUT2D eigenvalue weighted by atomic mass is 9.96. The Kier molecular flexibility index (Phi) is 8.64. The maximum absolute atomic E-state index is 13.2. The summed E-state index contributed by atoms with van der Waals surface area (Å²) in [5.74, 6) is -0.139. The van der Waals surface area contributed by atoms with Gasteiger partial charge in [-0.05, 0) is 54.3 Å². The molecule has 2 aromatic rings. The normalized spacial score (nSPS) is 16.5. The Morgan fingerprint density at radius 1 is 1.00 bits per heavy atom. The molecule has 2 heterocycles. The van der Waals surface area contributed by atoms with Crippen molar-refractivity contribution < 1.29 is 22.8 Å². The first kappa shape index (κ1) is 27.3. The molecule has 0 bridgehead atoms. The van der Waals surface area contributed by atoms with E-state index in [1.807, 2.05) is 28.9 Å². The van der Waals surface area contributed by atoms with Crippen LogP contribution in [0.15, 0.2) is 36.4 Å². The van der Waals surface area contributed by atoms with Gasteiger partial charge in [0, 0.05) is 62.8 Å². The van der Waals surface area contributed by atoms with Crippen LogP contribution in [-0.2, 0) is 17.8 Å². The zero-order valence-electron chi connectivity index (χ0n) is 20.9. The summed E-state index contributed by atoms with van der Waals surface area (Å²) in [7, 11) is 0. The van der Waals surface area contributed by atoms with E-state index in [0.717, 1.165) is 29.7 Å². The molecule has 4 rings (SSSR count). The minimum absolute atomic E-state index is 0.0176. The fourth-order valence-corrected chi connectivity index (χ4v) is 5.01. The second kappa shape index (κ2) is 11.7. The Hall–Kier alpha value is -2.78. The van der Waals surface area contributed by atoms with Gasteiger partial charge in [-0.2, -0.15) is 13.2 Å². The van der Waals surface area contributed by atoms with Gasteiger partial charge in [-0.25, -0.2) is 0 Å². The van der Waals surface area contributed by atoms with Crippen LogP contribution in [0.25, 0.3) is 0 Å². The van der Waals surface area contributed by atoms with Gasteiger partial charge in [-0.3, -0.25) is 14.5 Å². The van der Waals surface area contributed by atoms with E-state index >= 15 is 0 Å². The van der Waals surface area contributed by atoms with Gasteiger partial charge in [0.2, 0.25) is 5.91 Å². The monoisotopic (exact) mass is 536 g/mol. The molecule has 0 unspecified atom stereocenters. The Balaban J connectivity index is 1.44. The zero-order chi connectivity index (χ0) is 26.6. The third-order valence-electron chi connectivity index (χ3n) is 6.93. The van der Waals surface area contributed by atoms with Crippen molar-refractivity contribution in [1.29, 1.82) is 0 Å². The number of benzene rings is 2. The molecule has 10 heteroatoms. The smallest absolute Gasteiger partial charge is 0.367 e. The minimum Gasteiger partial charge on any atom is -0.367 e. The van der Waals surface area contributed by atoms with Crippen LogP contribution in [0.2, 0.25) is 5.02 Å². The summed E-state index contributed by atoms with van der Waals surface area (Å²) in [4.78, 5) is 31.3. The largest absolute Gasteiger partial charge is 0.390 e. The quantitative estimate of drug-likeness (QED) is 0.518. The van der Waals surface area contributed by atoms with Gasteiger partial charge in [-0.1, -0.05) is 24.6 Å². The van der Waals surface area contributed by atoms with E-state index in [1.165, 1.54) is 0 Å². The maximum Gasteiger partial charge on any atom is 0.390 e. The Bertz CT molecular complexity index is 1130. The minimum atomic E-state index is -4.17. The standard InChI is InChI=1S/C27H32ClF3N4O2/c1-2-3-25(36)35-10-8-19-4-5-20(16-21(19)18-35)26(37)32-23-7-6-22(28)17-24(23)34-14-12-33(13-15-34)11-9-27(29,30)31/h4-7,16-17H,2-3,8-15,18H2,1H3,(H,32,37). The number of fused-ring (bicyclic) bond motifs is 1. The number of hydrogen-bond donors (Lipinski definition) is 1. The number of amides is 2. The van der Waals surface area contributed by atoms with E-state index < -0.39 is 12.6 Å². The average Bonchev–Trinajstić information content (AvgIpc) is 2.88. The first-order valence-corrected chi connectivity index (χ1v) is 13.1. The second-order valence-corrected chi connectivity index (χ2v) is 10.0. The van der Waals surface area contributed by atoms with Gasteiger partial charge in [0.25, 0.3) is 5.91 Å². The van der Waals surface area contributed by atoms with E-state index in [0.29, 0.717) is 62.0 Å². The maximum atomic E-state index is 13.2. The van der Waals surface area contributed by atoms with Crippen LogP contribution in [0.4, 0.5) is 24.5 Å². The summed E-state index contributed by atoms with van der Waals surface area (Å²) in [5.41, 5.74) is 3.96. The van der Waals surface area contributed by atoms with Crippen molar-refractivity contribution in [2.24, 2.45) is 0 Å². The molecule has 0 atom stereocenters. The summed E-state index contributed by atoms with van der Waals surface area (Å²) >= 11 is 6.25. The van der Waals surface area contributed by atoms with Crippen LogP contribution in [0.1, 0.15) is 47.7 Å². The lowest BCUT2D eigenvalue weighted by Gasteiger charge is -2.37. The first-order valence-electron chi connectivity index (χ1n) is 12.7. The molecular formula is C27H32ClF3N4O2. The van der Waals surface area contributed by atoms with Crippen molar-refractivity contribution in [3.05, 3.63) is 58.1 Å². The molecule has 37 heavy (non-hydrogen) atoms. The molecule has 0 saturated carbocycles. The number of nitrogens with zero attached hydrogens (tertiary/aromatic N) is 3. The highest BCUT2D eigenvalue weighted by molar-refractivity contribution is 6.31. The number of piperazine rings is 1. The number of rotatable bonds is 7. The fourth-order valence-electron chi connectivity index (χ4n) is 4.85. The van der Waals surface area contributed by atoms with Crippen molar-refractivity contribution in [2.45, 2.75) is 45.3 Å². The Morgan fingerprint density at radius 2 is 1.76 bits per heavy atom. The molecule has 2 aliphatic heterocycles. The van der Waals surface area contributed by atoms with Crippen LogP contribution in [-0.4, -0.2) is 67.1 Å². The number of alkyl halides is 3. The van der Waals surface area contributed by atoms with Crippen molar-refractivity contribution in [3.8, 4) is 0 Å². The number of anilines is 2. The number of halogens is 4. The van der Waals surface area contributed by atoms with E-state index in [1.54, 1.807) is 29.2 Å². The molecule has 1 saturated heterocycles. The predicted molar refractivity (Wildman–Crippen MR) is 139 cm³/mol. The van der Waals surface area contributed by atoms with E-state index in [-0.39, 0.29) is 18.4 Å². The summed E-state index contributed by atoms with van der Waals surface area (Å²) < 4.78 is 37.7. The van der Waals surface area contributed by atoms with Crippen molar-refractivity contribution >= 4 is 34.8 Å². The average molecular weight is 537 g/mol. The summed E-state index contributed by atoms with van der Waals surface area (Å²) in [6.45, 7) is 5.20. The van der Waals surface area contributed by atoms with E-state index in [4.69, 9.17) is 11.6 Å². The highest BCUT2D eigenvalue weighted by Crippen LogP contribution is 2.31. The number of carbonyl (C=O) groups excluding carboxylic acids is 2. The van der Waals surface area contributed by atoms with E-state index in [2.05, 4.69) is 5.32 Å². The van der Waals surface area contributed by atoms with Crippen LogP contribution < -0.4 is 10.2 Å². The lowest BCUT2D eigenvalue weighted by molar-refractivity contribution is -0.138. The van der Waals surface area contributed by atoms with Crippen LogP contribution >= 0.6 is 11.6 Å². The fraction of sp³-hybridized carbons (Fsp3) is 0.481. The highest BCUT2D eigenvalue weighted by Gasteiger charge is 2.29. The summed E-state index contributed by atoms with van der Waals surface area (Å²) in [6.07, 6.45) is -2.90. The molecule has 1 fully saturated rings. The Morgan fingerprint density at radius 3 is 2.46 bits per heavy atom. The van der Waals surface area contributed by atoms with Gasteiger partial charge >= 0.3 is 6.18 Å². The van der Waals surface area contributed by atoms with Crippen molar-refractivity contribution in [3.63, 3.8) is 0 Å². The van der Waals surface area contributed by atoms with Gasteiger partial charge in [-0.15, -0.1) is 0 Å². The number of nitrogens with one attached hydrogen (secondary N) is 1. The summed E-state index contributed by atoms with van der Waals surface area (Å²) in [5, 5.41) is 3.50. The summed E-state index contributed by atoms with van der Waals surface area (Å²) in [6, 6.07) is 10.8. The molecule has 2 amide bonds. The van der Waals surface area contributed by atoms with Gasteiger partial charge in [0.1, 0.15) is 0 Å². The lowest BCUT2D eigenvalue weighted by Crippen LogP contribution is -2.47. The third-order valence-corrected chi connectivity index (χ3v) is 7.16. The van der Waals surface area contributed by atoms with E-state index in [9.17, 15) is 22.8 Å². The Labute approximate surface area is 220 Å². The second-order valence-electron chi connectivity index (χ2n) is 9.61. The van der Waals surface area contributed by atoms with Crippen LogP contribution in [0.3, 0.4) is 0 Å². The number of hydrogen-bond acceptors (Lipinski definition) is 4.